The lowest BCUT2D eigenvalue weighted by molar-refractivity contribution is 0.0844. The molecule has 2 aromatic rings. The number of pyridine rings is 1. The Morgan fingerprint density at radius 3 is 2.61 bits per heavy atom. The molecule has 170 valence electrons. The van der Waals surface area contributed by atoms with Gasteiger partial charge in [-0.3, -0.25) is 9.80 Å². The number of halogens is 3. The zero-order valence-electron chi connectivity index (χ0n) is 17.6. The Bertz CT molecular complexity index is 1250. The first kappa shape index (κ1) is 22.2. The first-order valence-corrected chi connectivity index (χ1v) is 9.73. The number of methoxy groups -OCH3 is 2. The maximum atomic E-state index is 15.3. The van der Waals surface area contributed by atoms with Gasteiger partial charge in [-0.2, -0.15) is 5.26 Å². The predicted molar refractivity (Wildman–Crippen MR) is 112 cm³/mol. The number of benzene rings is 1. The minimum atomic E-state index is -1.19. The van der Waals surface area contributed by atoms with Crippen LogP contribution in [0.5, 0.6) is 0 Å². The Morgan fingerprint density at radius 1 is 1.24 bits per heavy atom. The van der Waals surface area contributed by atoms with Crippen LogP contribution in [0.2, 0.25) is 0 Å². The number of fused-ring (bicyclic) bond motifs is 1. The number of ether oxygens (including phenoxy) is 2. The van der Waals surface area contributed by atoms with Crippen LogP contribution in [0, 0.1) is 17.1 Å². The monoisotopic (exact) mass is 457 g/mol. The van der Waals surface area contributed by atoms with Gasteiger partial charge in [-0.05, 0) is 12.1 Å². The van der Waals surface area contributed by atoms with E-state index in [0.29, 0.717) is 0 Å². The number of carbonyl (C=O) groups is 1. The van der Waals surface area contributed by atoms with Crippen LogP contribution >= 0.6 is 0 Å². The third-order valence-electron chi connectivity index (χ3n) is 5.47. The topological polar surface area (TPSA) is 105 Å². The van der Waals surface area contributed by atoms with E-state index in [1.54, 1.807) is 0 Å². The van der Waals surface area contributed by atoms with Crippen molar-refractivity contribution in [2.75, 3.05) is 24.9 Å². The number of carbonyl (C=O) groups excluding carboxylic acids is 1. The Hall–Kier alpha value is -4.04. The predicted octanol–water partition coefficient (Wildman–Crippen LogP) is 4.18. The molecule has 1 atom stereocenters. The fourth-order valence-corrected chi connectivity index (χ4v) is 3.87. The Labute approximate surface area is 186 Å². The molecule has 1 aliphatic carbocycles. The molecule has 1 aromatic heterocycles. The van der Waals surface area contributed by atoms with Crippen molar-refractivity contribution >= 4 is 23.2 Å². The van der Waals surface area contributed by atoms with E-state index < -0.39 is 35.3 Å². The van der Waals surface area contributed by atoms with Crippen LogP contribution in [-0.4, -0.2) is 36.2 Å². The molecule has 0 saturated carbocycles. The van der Waals surface area contributed by atoms with Gasteiger partial charge in [0.25, 0.3) is 0 Å². The molecule has 0 bridgehead atoms. The maximum absolute atomic E-state index is 15.3. The lowest BCUT2D eigenvalue weighted by atomic mass is 10.0. The van der Waals surface area contributed by atoms with E-state index in [2.05, 4.69) is 4.98 Å². The lowest BCUT2D eigenvalue weighted by Crippen LogP contribution is -2.46. The number of aromatic nitrogens is 1. The summed E-state index contributed by atoms with van der Waals surface area (Å²) in [6.07, 6.45) is -0.127. The molecular formula is C22H18F3N5O3. The second-order valence-electron chi connectivity index (χ2n) is 7.23. The highest BCUT2D eigenvalue weighted by atomic mass is 19.1. The second kappa shape index (κ2) is 8.48. The summed E-state index contributed by atoms with van der Waals surface area (Å²) >= 11 is 0. The Kier molecular flexibility index (Phi) is 5.69. The van der Waals surface area contributed by atoms with Crippen LogP contribution in [-0.2, 0) is 16.0 Å². The highest BCUT2D eigenvalue weighted by Gasteiger charge is 2.43. The molecule has 0 saturated heterocycles. The van der Waals surface area contributed by atoms with Crippen LogP contribution in [0.4, 0.5) is 35.2 Å². The first-order chi connectivity index (χ1) is 15.8. The average Bonchev–Trinajstić information content (AvgIpc) is 2.81. The molecule has 0 fully saturated rings. The normalized spacial score (nSPS) is 18.4. The summed E-state index contributed by atoms with van der Waals surface area (Å²) < 4.78 is 55.4. The van der Waals surface area contributed by atoms with Crippen molar-refractivity contribution in [3.05, 3.63) is 70.5 Å². The van der Waals surface area contributed by atoms with Crippen molar-refractivity contribution in [3.8, 4) is 6.07 Å². The second-order valence-corrected chi connectivity index (χ2v) is 7.23. The van der Waals surface area contributed by atoms with Crippen molar-refractivity contribution in [2.45, 2.75) is 19.1 Å². The van der Waals surface area contributed by atoms with Crippen LogP contribution in [0.25, 0.3) is 0 Å². The number of para-hydroxylation sites is 1. The lowest BCUT2D eigenvalue weighted by Gasteiger charge is -2.39. The number of hydrogen-bond donors (Lipinski definition) is 1. The average molecular weight is 457 g/mol. The summed E-state index contributed by atoms with van der Waals surface area (Å²) in [4.78, 5) is 19.3. The van der Waals surface area contributed by atoms with Gasteiger partial charge in [0.1, 0.15) is 40.8 Å². The van der Waals surface area contributed by atoms with E-state index in [1.165, 1.54) is 38.6 Å². The molecule has 1 aliphatic heterocycles. The SMILES string of the molecule is COC1=C(F)C(N2Cc3cnc(N)c(C#N)c3N(c3ccccc3F)C2=O)=C(F)C(OC)C1. The number of anilines is 3. The smallest absolute Gasteiger partial charge is 0.334 e. The molecule has 4 rings (SSSR count). The standard InChI is InChI=1S/C22H18F3N5O3/c1-32-15-7-16(33-2)18(25)20(17(15)24)29-10-11-9-28-21(27)12(8-26)19(11)30(22(29)31)14-6-4-3-5-13(14)23/h3-6,9,15H,7,10H2,1-2H3,(H2,27,28). The van der Waals surface area contributed by atoms with Gasteiger partial charge in [-0.15, -0.1) is 0 Å². The van der Waals surface area contributed by atoms with E-state index in [4.69, 9.17) is 15.2 Å². The van der Waals surface area contributed by atoms with Crippen LogP contribution < -0.4 is 10.6 Å². The number of amides is 2. The van der Waals surface area contributed by atoms with E-state index >= 15 is 8.78 Å². The van der Waals surface area contributed by atoms with Crippen molar-refractivity contribution in [1.82, 2.24) is 9.88 Å². The summed E-state index contributed by atoms with van der Waals surface area (Å²) in [5.41, 5.74) is 4.96. The zero-order chi connectivity index (χ0) is 23.9. The summed E-state index contributed by atoms with van der Waals surface area (Å²) in [6.45, 7) is -0.356. The fourth-order valence-electron chi connectivity index (χ4n) is 3.87. The van der Waals surface area contributed by atoms with E-state index in [1.807, 2.05) is 6.07 Å². The molecule has 1 unspecified atom stereocenters. The molecule has 11 heteroatoms. The summed E-state index contributed by atoms with van der Waals surface area (Å²) in [7, 11) is 2.45. The molecule has 2 aliphatic rings. The number of nitrogens with zero attached hydrogens (tertiary/aromatic N) is 4. The molecule has 2 amide bonds. The first-order valence-electron chi connectivity index (χ1n) is 9.73. The number of hydrogen-bond acceptors (Lipinski definition) is 6. The maximum Gasteiger partial charge on any atom is 0.334 e. The summed E-state index contributed by atoms with van der Waals surface area (Å²) in [5, 5.41) is 9.64. The quantitative estimate of drug-likeness (QED) is 0.739. The number of nitriles is 1. The third-order valence-corrected chi connectivity index (χ3v) is 5.47. The molecule has 1 aromatic carbocycles. The largest absolute Gasteiger partial charge is 0.498 e. The fraction of sp³-hybridized carbons (Fsp3) is 0.227. The number of nitrogens with two attached hydrogens (primary N) is 1. The third kappa shape index (κ3) is 3.44. The van der Waals surface area contributed by atoms with Crippen LogP contribution in [0.3, 0.4) is 0 Å². The molecule has 0 spiro atoms. The highest BCUT2D eigenvalue weighted by molar-refractivity contribution is 6.05. The number of nitrogen functional groups attached to an aromatic ring is 1. The van der Waals surface area contributed by atoms with Gasteiger partial charge in [0.05, 0.1) is 25.0 Å². The van der Waals surface area contributed by atoms with Gasteiger partial charge in [-0.1, -0.05) is 12.1 Å². The Balaban J connectivity index is 1.98. The molecule has 33 heavy (non-hydrogen) atoms. The van der Waals surface area contributed by atoms with Crippen molar-refractivity contribution in [1.29, 1.82) is 5.26 Å². The van der Waals surface area contributed by atoms with Crippen LogP contribution in [0.15, 0.2) is 53.6 Å². The zero-order valence-corrected chi connectivity index (χ0v) is 17.6. The van der Waals surface area contributed by atoms with Gasteiger partial charge >= 0.3 is 6.03 Å². The number of rotatable bonds is 4. The Morgan fingerprint density at radius 2 is 1.97 bits per heavy atom. The summed E-state index contributed by atoms with van der Waals surface area (Å²) in [6, 6.07) is 6.18. The molecular weight excluding hydrogens is 439 g/mol. The number of urea groups is 1. The van der Waals surface area contributed by atoms with E-state index in [-0.39, 0.29) is 47.0 Å². The van der Waals surface area contributed by atoms with Gasteiger partial charge in [0, 0.05) is 25.3 Å². The highest BCUT2D eigenvalue weighted by Crippen LogP contribution is 2.44. The van der Waals surface area contributed by atoms with Crippen molar-refractivity contribution in [3.63, 3.8) is 0 Å². The molecule has 2 heterocycles. The van der Waals surface area contributed by atoms with E-state index in [0.717, 1.165) is 15.9 Å². The molecule has 8 nitrogen and oxygen atoms in total. The van der Waals surface area contributed by atoms with Gasteiger partial charge in [-0.25, -0.2) is 22.9 Å². The molecule has 2 N–H and O–H groups in total. The minimum Gasteiger partial charge on any atom is -0.498 e. The van der Waals surface area contributed by atoms with Crippen molar-refractivity contribution in [2.24, 2.45) is 0 Å². The molecule has 0 radical (unpaired) electrons. The van der Waals surface area contributed by atoms with Crippen molar-refractivity contribution < 1.29 is 27.4 Å². The van der Waals surface area contributed by atoms with Crippen LogP contribution in [0.1, 0.15) is 17.5 Å². The van der Waals surface area contributed by atoms with Gasteiger partial charge < -0.3 is 15.2 Å². The van der Waals surface area contributed by atoms with Gasteiger partial charge in [0.2, 0.25) is 0 Å². The summed E-state index contributed by atoms with van der Waals surface area (Å²) in [5.74, 6) is -3.28. The van der Waals surface area contributed by atoms with Gasteiger partial charge in [0.15, 0.2) is 11.7 Å². The minimum absolute atomic E-state index is 0.00666. The van der Waals surface area contributed by atoms with E-state index in [9.17, 15) is 14.4 Å². The number of allylic oxidation sites excluding steroid dienone is 1.